The van der Waals surface area contributed by atoms with E-state index in [1.807, 2.05) is 13.8 Å². The van der Waals surface area contributed by atoms with Crippen LogP contribution in [0, 0.1) is 0 Å². The van der Waals surface area contributed by atoms with E-state index in [0.717, 1.165) is 12.8 Å². The third-order valence-electron chi connectivity index (χ3n) is 1.52. The molecule has 0 aliphatic rings. The van der Waals surface area contributed by atoms with Crippen LogP contribution in [-0.4, -0.2) is 35.5 Å². The molecule has 0 unspecified atom stereocenters. The number of nitrogens with two attached hydrogens (primary N) is 2. The van der Waals surface area contributed by atoms with Crippen LogP contribution >= 0.6 is 0 Å². The minimum absolute atomic E-state index is 0. The Balaban J connectivity index is -0.000000143. The quantitative estimate of drug-likeness (QED) is 0.531. The van der Waals surface area contributed by atoms with Gasteiger partial charge in [-0.3, -0.25) is 0 Å². The maximum Gasteiger partial charge on any atom is 0.0582 e. The molecule has 0 aromatic carbocycles. The van der Waals surface area contributed by atoms with Crippen molar-refractivity contribution in [1.29, 1.82) is 0 Å². The molecule has 4 nitrogen and oxygen atoms in total. The van der Waals surface area contributed by atoms with Crippen LogP contribution in [0.25, 0.3) is 0 Å². The van der Waals surface area contributed by atoms with Gasteiger partial charge in [0.2, 0.25) is 0 Å². The molecule has 0 bridgehead atoms. The first kappa shape index (κ1) is 19.2. The van der Waals surface area contributed by atoms with Crippen molar-refractivity contribution in [2.75, 3.05) is 13.2 Å². The van der Waals surface area contributed by atoms with E-state index in [0.29, 0.717) is 0 Å². The third-order valence-corrected chi connectivity index (χ3v) is 1.52. The van der Waals surface area contributed by atoms with Crippen LogP contribution in [0.5, 0.6) is 0 Å². The predicted molar refractivity (Wildman–Crippen MR) is 50.7 cm³/mol. The molecule has 0 saturated carbocycles. The average molecular weight is 373 g/mol. The largest absolute Gasteiger partial charge is 0.395 e. The molecule has 0 aromatic rings. The van der Waals surface area contributed by atoms with Gasteiger partial charge >= 0.3 is 0 Å². The SMILES string of the molecule is CC[C@@H](N)CO.CC[C@@H](N)CO.[Pt]. The second-order valence-corrected chi connectivity index (χ2v) is 2.70. The van der Waals surface area contributed by atoms with Crippen molar-refractivity contribution in [2.24, 2.45) is 11.5 Å². The zero-order chi connectivity index (χ0) is 9.98. The summed E-state index contributed by atoms with van der Waals surface area (Å²) < 4.78 is 0. The molecule has 2 atom stereocenters. The maximum atomic E-state index is 8.21. The van der Waals surface area contributed by atoms with Crippen molar-refractivity contribution in [3.8, 4) is 0 Å². The summed E-state index contributed by atoms with van der Waals surface area (Å²) in [6.07, 6.45) is 1.72. The average Bonchev–Trinajstić information content (AvgIpc) is 2.16. The molecule has 13 heavy (non-hydrogen) atoms. The normalized spacial score (nSPS) is 13.4. The molecule has 0 rings (SSSR count). The van der Waals surface area contributed by atoms with Gasteiger partial charge in [0.15, 0.2) is 0 Å². The molecule has 5 heteroatoms. The monoisotopic (exact) mass is 373 g/mol. The van der Waals surface area contributed by atoms with E-state index in [4.69, 9.17) is 21.7 Å². The van der Waals surface area contributed by atoms with E-state index in [1.165, 1.54) is 0 Å². The van der Waals surface area contributed by atoms with E-state index in [2.05, 4.69) is 0 Å². The zero-order valence-electron chi connectivity index (χ0n) is 8.35. The molecule has 0 heterocycles. The molecule has 0 amide bonds. The van der Waals surface area contributed by atoms with Crippen LogP contribution < -0.4 is 11.5 Å². The molecule has 0 saturated heterocycles. The Labute approximate surface area is 95.0 Å². The van der Waals surface area contributed by atoms with Gasteiger partial charge in [-0.15, -0.1) is 0 Å². The van der Waals surface area contributed by atoms with Crippen LogP contribution in [0.15, 0.2) is 0 Å². The first-order valence-corrected chi connectivity index (χ1v) is 4.35. The van der Waals surface area contributed by atoms with Crippen LogP contribution in [0.3, 0.4) is 0 Å². The maximum absolute atomic E-state index is 8.21. The van der Waals surface area contributed by atoms with Crippen molar-refractivity contribution < 1.29 is 31.3 Å². The van der Waals surface area contributed by atoms with Crippen LogP contribution in [0.1, 0.15) is 26.7 Å². The molecule has 0 spiro atoms. The van der Waals surface area contributed by atoms with E-state index in [9.17, 15) is 0 Å². The van der Waals surface area contributed by atoms with Crippen molar-refractivity contribution in [3.63, 3.8) is 0 Å². The van der Waals surface area contributed by atoms with Crippen LogP contribution in [-0.2, 0) is 21.1 Å². The summed E-state index contributed by atoms with van der Waals surface area (Å²) in [6, 6.07) is -0.0185. The Morgan fingerprint density at radius 1 is 0.923 bits per heavy atom. The van der Waals surface area contributed by atoms with Crippen LogP contribution in [0.2, 0.25) is 0 Å². The third kappa shape index (κ3) is 19.1. The number of rotatable bonds is 4. The smallest absolute Gasteiger partial charge is 0.0582 e. The second-order valence-electron chi connectivity index (χ2n) is 2.70. The first-order valence-electron chi connectivity index (χ1n) is 4.35. The Hall–Kier alpha value is 0.528. The first-order chi connectivity index (χ1) is 5.62. The molecule has 0 aliphatic heterocycles. The van der Waals surface area contributed by atoms with Crippen LogP contribution in [0.4, 0.5) is 0 Å². The molecule has 0 aromatic heterocycles. The van der Waals surface area contributed by atoms with Gasteiger partial charge in [-0.25, -0.2) is 0 Å². The van der Waals surface area contributed by atoms with Gasteiger partial charge in [-0.2, -0.15) is 0 Å². The minimum atomic E-state index is -0.00926. The summed E-state index contributed by atoms with van der Waals surface area (Å²) in [5.41, 5.74) is 10.4. The summed E-state index contributed by atoms with van der Waals surface area (Å²) in [5.74, 6) is 0. The molecule has 86 valence electrons. The van der Waals surface area contributed by atoms with Crippen molar-refractivity contribution >= 4 is 0 Å². The van der Waals surface area contributed by atoms with E-state index >= 15 is 0 Å². The minimum Gasteiger partial charge on any atom is -0.395 e. The summed E-state index contributed by atoms with van der Waals surface area (Å²) in [7, 11) is 0. The fourth-order valence-electron chi connectivity index (χ4n) is 0.258. The standard InChI is InChI=1S/2C4H11NO.Pt/c2*1-2-4(5)3-6;/h2*4,6H,2-3,5H2,1H3;/t2*4-;/m11./s1. The van der Waals surface area contributed by atoms with Crippen molar-refractivity contribution in [2.45, 2.75) is 38.8 Å². The summed E-state index contributed by atoms with van der Waals surface area (Å²) >= 11 is 0. The van der Waals surface area contributed by atoms with Gasteiger partial charge in [0, 0.05) is 33.1 Å². The fraction of sp³-hybridized carbons (Fsp3) is 1.00. The van der Waals surface area contributed by atoms with Gasteiger partial charge < -0.3 is 21.7 Å². The van der Waals surface area contributed by atoms with Gasteiger partial charge in [0.25, 0.3) is 0 Å². The summed E-state index contributed by atoms with van der Waals surface area (Å²) in [4.78, 5) is 0. The van der Waals surface area contributed by atoms with Gasteiger partial charge in [0.05, 0.1) is 13.2 Å². The number of hydrogen-bond acceptors (Lipinski definition) is 4. The Bertz CT molecular complexity index is 68.5. The fourth-order valence-corrected chi connectivity index (χ4v) is 0.258. The summed E-state index contributed by atoms with van der Waals surface area (Å²) in [5, 5.41) is 16.4. The number of aliphatic hydroxyl groups is 2. The molecule has 0 aliphatic carbocycles. The Kier molecular flexibility index (Phi) is 22.1. The van der Waals surface area contributed by atoms with Gasteiger partial charge in [-0.05, 0) is 12.8 Å². The molecule has 0 fully saturated rings. The molecular formula is C8H22N2O2Pt. The Morgan fingerprint density at radius 2 is 1.15 bits per heavy atom. The van der Waals surface area contributed by atoms with Gasteiger partial charge in [-0.1, -0.05) is 13.8 Å². The number of aliphatic hydroxyl groups excluding tert-OH is 2. The second kappa shape index (κ2) is 15.0. The summed E-state index contributed by atoms with van der Waals surface area (Å²) in [6.45, 7) is 4.11. The van der Waals surface area contributed by atoms with Gasteiger partial charge in [0.1, 0.15) is 0 Å². The molecule has 0 radical (unpaired) electrons. The zero-order valence-corrected chi connectivity index (χ0v) is 10.6. The van der Waals surface area contributed by atoms with E-state index in [-0.39, 0.29) is 46.4 Å². The number of hydrogen-bond donors (Lipinski definition) is 4. The van der Waals surface area contributed by atoms with Crippen molar-refractivity contribution in [3.05, 3.63) is 0 Å². The molecular weight excluding hydrogens is 351 g/mol. The molecule has 6 N–H and O–H groups in total. The Morgan fingerprint density at radius 3 is 1.15 bits per heavy atom. The topological polar surface area (TPSA) is 92.5 Å². The van der Waals surface area contributed by atoms with E-state index < -0.39 is 0 Å². The van der Waals surface area contributed by atoms with E-state index in [1.54, 1.807) is 0 Å². The van der Waals surface area contributed by atoms with Crippen molar-refractivity contribution in [1.82, 2.24) is 0 Å². The predicted octanol–water partition coefficient (Wildman–Crippen LogP) is -0.570.